The summed E-state index contributed by atoms with van der Waals surface area (Å²) in [5, 5.41) is 3.55. The lowest BCUT2D eigenvalue weighted by molar-refractivity contribution is 0.598. The van der Waals surface area contributed by atoms with Gasteiger partial charge in [-0.05, 0) is 22.4 Å². The molecule has 2 aromatic rings. The Labute approximate surface area is 96.2 Å². The summed E-state index contributed by atoms with van der Waals surface area (Å²) in [6.07, 6.45) is 3.82. The molecule has 0 N–H and O–H groups in total. The average molecular weight is 221 g/mol. The van der Waals surface area contributed by atoms with Gasteiger partial charge < -0.3 is 0 Å². The van der Waals surface area contributed by atoms with Gasteiger partial charge in [-0.2, -0.15) is 0 Å². The molecule has 0 spiro atoms. The number of aromatic nitrogens is 1. The molecule has 2 rings (SSSR count). The Morgan fingerprint density at radius 1 is 1.20 bits per heavy atom. The van der Waals surface area contributed by atoms with E-state index in [1.807, 2.05) is 26.2 Å². The minimum atomic E-state index is 0.223. The van der Waals surface area contributed by atoms with Crippen molar-refractivity contribution in [1.29, 1.82) is 0 Å². The third-order valence-corrected chi connectivity index (χ3v) is 3.15. The standard InChI is InChI=1S/C11H13NS.C2H6/c1-11(2,3)9-7-13-10-4-5-12-6-8(9)10;1-2/h4-7H,1-3H3;1-2H3. The van der Waals surface area contributed by atoms with Gasteiger partial charge >= 0.3 is 0 Å². The molecule has 0 unspecified atom stereocenters. The fourth-order valence-electron chi connectivity index (χ4n) is 1.45. The zero-order chi connectivity index (χ0) is 11.5. The van der Waals surface area contributed by atoms with Gasteiger partial charge in [-0.15, -0.1) is 11.3 Å². The monoisotopic (exact) mass is 221 g/mol. The number of rotatable bonds is 0. The van der Waals surface area contributed by atoms with Crippen molar-refractivity contribution in [1.82, 2.24) is 4.98 Å². The molecule has 0 amide bonds. The molecule has 0 aliphatic carbocycles. The fourth-order valence-corrected chi connectivity index (χ4v) is 2.61. The van der Waals surface area contributed by atoms with Gasteiger partial charge in [-0.3, -0.25) is 4.98 Å². The molecule has 1 nitrogen and oxygen atoms in total. The highest BCUT2D eigenvalue weighted by Crippen LogP contribution is 2.33. The summed E-state index contributed by atoms with van der Waals surface area (Å²) in [5.74, 6) is 0. The van der Waals surface area contributed by atoms with Gasteiger partial charge in [0.05, 0.1) is 0 Å². The van der Waals surface area contributed by atoms with Crippen LogP contribution in [0.2, 0.25) is 0 Å². The highest BCUT2D eigenvalue weighted by Gasteiger charge is 2.17. The first kappa shape index (κ1) is 12.2. The van der Waals surface area contributed by atoms with Crippen LogP contribution in [0.4, 0.5) is 0 Å². The Morgan fingerprint density at radius 3 is 2.47 bits per heavy atom. The summed E-state index contributed by atoms with van der Waals surface area (Å²) in [7, 11) is 0. The molecule has 0 fully saturated rings. The topological polar surface area (TPSA) is 12.9 Å². The van der Waals surface area contributed by atoms with Crippen LogP contribution in [0.3, 0.4) is 0 Å². The third-order valence-electron chi connectivity index (χ3n) is 2.18. The van der Waals surface area contributed by atoms with Gasteiger partial charge in [0.25, 0.3) is 0 Å². The SMILES string of the molecule is CC.CC(C)(C)c1csc2ccncc12. The van der Waals surface area contributed by atoms with Crippen molar-refractivity contribution in [2.45, 2.75) is 40.0 Å². The van der Waals surface area contributed by atoms with E-state index in [1.54, 1.807) is 11.3 Å². The van der Waals surface area contributed by atoms with Crippen LogP contribution in [0, 0.1) is 0 Å². The summed E-state index contributed by atoms with van der Waals surface area (Å²) in [4.78, 5) is 4.17. The molecule has 0 aliphatic heterocycles. The molecule has 2 heterocycles. The quantitative estimate of drug-likeness (QED) is 0.632. The highest BCUT2D eigenvalue weighted by molar-refractivity contribution is 7.17. The van der Waals surface area contributed by atoms with Crippen LogP contribution in [-0.2, 0) is 5.41 Å². The largest absolute Gasteiger partial charge is 0.264 e. The first-order valence-corrected chi connectivity index (χ1v) is 6.29. The average Bonchev–Trinajstić information content (AvgIpc) is 2.63. The maximum absolute atomic E-state index is 4.17. The van der Waals surface area contributed by atoms with E-state index in [0.717, 1.165) is 0 Å². The molecule has 0 atom stereocenters. The first-order chi connectivity index (χ1) is 7.09. The smallest absolute Gasteiger partial charge is 0.0376 e. The van der Waals surface area contributed by atoms with Crippen molar-refractivity contribution in [3.63, 3.8) is 0 Å². The van der Waals surface area contributed by atoms with E-state index in [4.69, 9.17) is 0 Å². The summed E-state index contributed by atoms with van der Waals surface area (Å²) in [6.45, 7) is 10.7. The van der Waals surface area contributed by atoms with Crippen LogP contribution < -0.4 is 0 Å². The Kier molecular flexibility index (Phi) is 3.86. The Hall–Kier alpha value is -0.890. The summed E-state index contributed by atoms with van der Waals surface area (Å²) in [6, 6.07) is 2.08. The van der Waals surface area contributed by atoms with E-state index >= 15 is 0 Å². The zero-order valence-electron chi connectivity index (χ0n) is 10.2. The van der Waals surface area contributed by atoms with Crippen LogP contribution in [0.5, 0.6) is 0 Å². The molecule has 2 aromatic heterocycles. The van der Waals surface area contributed by atoms with E-state index in [1.165, 1.54) is 15.6 Å². The molecule has 0 aliphatic rings. The number of fused-ring (bicyclic) bond motifs is 1. The van der Waals surface area contributed by atoms with Gasteiger partial charge in [-0.1, -0.05) is 34.6 Å². The van der Waals surface area contributed by atoms with Crippen molar-refractivity contribution < 1.29 is 0 Å². The maximum Gasteiger partial charge on any atom is 0.0376 e. The van der Waals surface area contributed by atoms with Crippen molar-refractivity contribution in [2.24, 2.45) is 0 Å². The van der Waals surface area contributed by atoms with Crippen molar-refractivity contribution in [3.05, 3.63) is 29.4 Å². The molecule has 15 heavy (non-hydrogen) atoms. The molecular weight excluding hydrogens is 202 g/mol. The maximum atomic E-state index is 4.17. The third kappa shape index (κ3) is 2.57. The zero-order valence-corrected chi connectivity index (χ0v) is 11.0. The second-order valence-corrected chi connectivity index (χ2v) is 5.18. The summed E-state index contributed by atoms with van der Waals surface area (Å²) in [5.41, 5.74) is 1.63. The second-order valence-electron chi connectivity index (χ2n) is 4.27. The summed E-state index contributed by atoms with van der Waals surface area (Å²) >= 11 is 1.80. The van der Waals surface area contributed by atoms with E-state index in [9.17, 15) is 0 Å². The predicted octanol–water partition coefficient (Wildman–Crippen LogP) is 4.62. The normalized spacial score (nSPS) is 11.0. The van der Waals surface area contributed by atoms with Crippen LogP contribution >= 0.6 is 11.3 Å². The number of thiophene rings is 1. The number of hydrogen-bond donors (Lipinski definition) is 0. The number of pyridine rings is 1. The second kappa shape index (κ2) is 4.75. The van der Waals surface area contributed by atoms with Gasteiger partial charge in [0.2, 0.25) is 0 Å². The van der Waals surface area contributed by atoms with E-state index in [0.29, 0.717) is 0 Å². The lowest BCUT2D eigenvalue weighted by Gasteiger charge is -2.17. The van der Waals surface area contributed by atoms with Gasteiger partial charge in [0.1, 0.15) is 0 Å². The number of nitrogens with zero attached hydrogens (tertiary/aromatic N) is 1. The molecule has 82 valence electrons. The minimum absolute atomic E-state index is 0.223. The molecule has 0 bridgehead atoms. The Balaban J connectivity index is 0.000000531. The Bertz CT molecular complexity index is 423. The molecule has 0 saturated heterocycles. The highest BCUT2D eigenvalue weighted by atomic mass is 32.1. The van der Waals surface area contributed by atoms with Crippen LogP contribution in [0.15, 0.2) is 23.8 Å². The van der Waals surface area contributed by atoms with Crippen LogP contribution in [-0.4, -0.2) is 4.98 Å². The van der Waals surface area contributed by atoms with E-state index in [2.05, 4.69) is 37.2 Å². The van der Waals surface area contributed by atoms with Crippen molar-refractivity contribution in [3.8, 4) is 0 Å². The van der Waals surface area contributed by atoms with Crippen LogP contribution in [0.1, 0.15) is 40.2 Å². The molecule has 2 heteroatoms. The minimum Gasteiger partial charge on any atom is -0.264 e. The van der Waals surface area contributed by atoms with Gasteiger partial charge in [-0.25, -0.2) is 0 Å². The summed E-state index contributed by atoms with van der Waals surface area (Å²) < 4.78 is 1.33. The predicted molar refractivity (Wildman–Crippen MR) is 69.7 cm³/mol. The lowest BCUT2D eigenvalue weighted by Crippen LogP contribution is -2.09. The molecule has 0 radical (unpaired) electrons. The van der Waals surface area contributed by atoms with Crippen LogP contribution in [0.25, 0.3) is 10.1 Å². The van der Waals surface area contributed by atoms with Crippen molar-refractivity contribution >= 4 is 21.4 Å². The Morgan fingerprint density at radius 2 is 1.87 bits per heavy atom. The fraction of sp³-hybridized carbons (Fsp3) is 0.462. The van der Waals surface area contributed by atoms with Gasteiger partial charge in [0, 0.05) is 22.5 Å². The molecular formula is C13H19NS. The van der Waals surface area contributed by atoms with E-state index in [-0.39, 0.29) is 5.41 Å². The first-order valence-electron chi connectivity index (χ1n) is 5.41. The molecule has 0 aromatic carbocycles. The number of hydrogen-bond acceptors (Lipinski definition) is 2. The van der Waals surface area contributed by atoms with Crippen molar-refractivity contribution in [2.75, 3.05) is 0 Å². The molecule has 0 saturated carbocycles. The lowest BCUT2D eigenvalue weighted by atomic mass is 9.87. The van der Waals surface area contributed by atoms with E-state index < -0.39 is 0 Å². The van der Waals surface area contributed by atoms with Gasteiger partial charge in [0.15, 0.2) is 0 Å².